The first kappa shape index (κ1) is 14.2. The minimum atomic E-state index is 0.797. The molecule has 4 nitrogen and oxygen atoms in total. The molecule has 1 saturated heterocycles. The number of benzene rings is 1. The van der Waals surface area contributed by atoms with Crippen LogP contribution < -0.4 is 10.2 Å². The second-order valence-electron chi connectivity index (χ2n) is 5.02. The van der Waals surface area contributed by atoms with Gasteiger partial charge in [-0.1, -0.05) is 6.07 Å². The van der Waals surface area contributed by atoms with Crippen molar-refractivity contribution in [1.29, 1.82) is 0 Å². The smallest absolute Gasteiger partial charge is 0.0479 e. The Morgan fingerprint density at radius 1 is 1.32 bits per heavy atom. The van der Waals surface area contributed by atoms with Crippen molar-refractivity contribution in [2.24, 2.45) is 0 Å². The molecule has 0 spiro atoms. The first-order valence-corrected chi connectivity index (χ1v) is 6.97. The van der Waals surface area contributed by atoms with E-state index >= 15 is 0 Å². The fraction of sp³-hybridized carbons (Fsp3) is 0.600. The van der Waals surface area contributed by atoms with Crippen molar-refractivity contribution in [1.82, 2.24) is 4.90 Å². The molecule has 0 bridgehead atoms. The van der Waals surface area contributed by atoms with Gasteiger partial charge < -0.3 is 19.9 Å². The highest BCUT2D eigenvalue weighted by atomic mass is 16.5. The van der Waals surface area contributed by atoms with Crippen LogP contribution in [0.1, 0.15) is 6.42 Å². The molecule has 0 atom stereocenters. The highest BCUT2D eigenvalue weighted by molar-refractivity contribution is 5.57. The summed E-state index contributed by atoms with van der Waals surface area (Å²) in [4.78, 5) is 4.81. The maximum atomic E-state index is 5.05. The molecule has 1 heterocycles. The van der Waals surface area contributed by atoms with Gasteiger partial charge >= 0.3 is 0 Å². The lowest BCUT2D eigenvalue weighted by Crippen LogP contribution is -2.44. The highest BCUT2D eigenvalue weighted by Crippen LogP contribution is 2.20. The molecule has 0 amide bonds. The average molecular weight is 262 g/mol. The third-order valence-corrected chi connectivity index (χ3v) is 3.49. The Bertz CT molecular complexity index is 375. The molecule has 0 saturated carbocycles. The van der Waals surface area contributed by atoms with Gasteiger partial charge in [-0.15, -0.1) is 0 Å². The summed E-state index contributed by atoms with van der Waals surface area (Å²) in [5.41, 5.74) is 2.37. The van der Waals surface area contributed by atoms with E-state index in [0.717, 1.165) is 51.4 Å². The van der Waals surface area contributed by atoms with Crippen molar-refractivity contribution in [2.75, 3.05) is 63.7 Å². The van der Waals surface area contributed by atoms with E-state index in [2.05, 4.69) is 40.4 Å². The molecule has 0 unspecified atom stereocenters. The SMILES string of the molecule is COCCCNc1[c]ccc(N2CCN(C)CC2)c1. The molecule has 105 valence electrons. The zero-order chi connectivity index (χ0) is 13.5. The molecule has 0 aromatic heterocycles. The van der Waals surface area contributed by atoms with E-state index in [0.29, 0.717) is 0 Å². The Kier molecular flexibility index (Phi) is 5.48. The lowest BCUT2D eigenvalue weighted by Gasteiger charge is -2.34. The number of ether oxygens (including phenoxy) is 1. The molecule has 0 aliphatic carbocycles. The van der Waals surface area contributed by atoms with Crippen LogP contribution in [0.3, 0.4) is 0 Å². The molecule has 4 heteroatoms. The Hall–Kier alpha value is -1.26. The second-order valence-corrected chi connectivity index (χ2v) is 5.02. The van der Waals surface area contributed by atoms with Gasteiger partial charge in [0, 0.05) is 63.9 Å². The van der Waals surface area contributed by atoms with Gasteiger partial charge in [0.1, 0.15) is 0 Å². The number of anilines is 2. The third kappa shape index (κ3) is 4.40. The van der Waals surface area contributed by atoms with Gasteiger partial charge in [0.2, 0.25) is 0 Å². The summed E-state index contributed by atoms with van der Waals surface area (Å²) in [6.45, 7) is 6.19. The molecule has 1 N–H and O–H groups in total. The van der Waals surface area contributed by atoms with E-state index in [1.165, 1.54) is 5.69 Å². The molecule has 1 radical (unpaired) electrons. The zero-order valence-electron chi connectivity index (χ0n) is 12.0. The number of rotatable bonds is 6. The van der Waals surface area contributed by atoms with Crippen LogP contribution in [0.5, 0.6) is 0 Å². The first-order valence-electron chi connectivity index (χ1n) is 6.97. The standard InChI is InChI=1S/C15H24N3O/c1-17-8-10-18(11-9-17)15-6-3-5-14(13-15)16-7-4-12-19-2/h3,6,13,16H,4,7-12H2,1-2H3. The van der Waals surface area contributed by atoms with Gasteiger partial charge in [0.05, 0.1) is 0 Å². The van der Waals surface area contributed by atoms with Crippen LogP contribution in [0.2, 0.25) is 0 Å². The van der Waals surface area contributed by atoms with Crippen LogP contribution in [0, 0.1) is 6.07 Å². The summed E-state index contributed by atoms with van der Waals surface area (Å²) in [6, 6.07) is 9.59. The Morgan fingerprint density at radius 2 is 2.11 bits per heavy atom. The summed E-state index contributed by atoms with van der Waals surface area (Å²) in [7, 11) is 3.92. The number of nitrogens with zero attached hydrogens (tertiary/aromatic N) is 2. The second kappa shape index (κ2) is 7.36. The van der Waals surface area contributed by atoms with Crippen LogP contribution >= 0.6 is 0 Å². The third-order valence-electron chi connectivity index (χ3n) is 3.49. The largest absolute Gasteiger partial charge is 0.385 e. The quantitative estimate of drug-likeness (QED) is 0.790. The summed E-state index contributed by atoms with van der Waals surface area (Å²) in [5, 5.41) is 3.40. The molecule has 2 rings (SSSR count). The predicted molar refractivity (Wildman–Crippen MR) is 80.0 cm³/mol. The highest BCUT2D eigenvalue weighted by Gasteiger charge is 2.14. The molecule has 19 heavy (non-hydrogen) atoms. The molecule has 1 aromatic carbocycles. The van der Waals surface area contributed by atoms with Gasteiger partial charge in [-0.2, -0.15) is 0 Å². The maximum absolute atomic E-state index is 5.05. The number of methoxy groups -OCH3 is 1. The van der Waals surface area contributed by atoms with E-state index in [9.17, 15) is 0 Å². The Labute approximate surface area is 116 Å². The topological polar surface area (TPSA) is 27.7 Å². The first-order chi connectivity index (χ1) is 9.29. The van der Waals surface area contributed by atoms with Crippen molar-refractivity contribution in [2.45, 2.75) is 6.42 Å². The van der Waals surface area contributed by atoms with Crippen molar-refractivity contribution < 1.29 is 4.74 Å². The van der Waals surface area contributed by atoms with E-state index < -0.39 is 0 Å². The minimum absolute atomic E-state index is 0.797. The Balaban J connectivity index is 1.87. The van der Waals surface area contributed by atoms with E-state index in [-0.39, 0.29) is 0 Å². The van der Waals surface area contributed by atoms with Gasteiger partial charge in [0.25, 0.3) is 0 Å². The normalized spacial score (nSPS) is 16.6. The zero-order valence-corrected chi connectivity index (χ0v) is 12.0. The number of nitrogens with one attached hydrogen (secondary N) is 1. The molecule has 1 aromatic rings. The Morgan fingerprint density at radius 3 is 2.84 bits per heavy atom. The summed E-state index contributed by atoms with van der Waals surface area (Å²) >= 11 is 0. The van der Waals surface area contributed by atoms with Gasteiger partial charge in [-0.3, -0.25) is 0 Å². The van der Waals surface area contributed by atoms with Crippen molar-refractivity contribution >= 4 is 11.4 Å². The molecule has 1 aliphatic heterocycles. The maximum Gasteiger partial charge on any atom is 0.0479 e. The van der Waals surface area contributed by atoms with Crippen molar-refractivity contribution in [3.8, 4) is 0 Å². The van der Waals surface area contributed by atoms with Crippen LogP contribution in [-0.2, 0) is 4.74 Å². The fourth-order valence-corrected chi connectivity index (χ4v) is 2.26. The van der Waals surface area contributed by atoms with Gasteiger partial charge in [-0.25, -0.2) is 0 Å². The number of hydrogen-bond acceptors (Lipinski definition) is 4. The van der Waals surface area contributed by atoms with Gasteiger partial charge in [0.15, 0.2) is 0 Å². The minimum Gasteiger partial charge on any atom is -0.385 e. The van der Waals surface area contributed by atoms with Crippen LogP contribution in [0.4, 0.5) is 11.4 Å². The van der Waals surface area contributed by atoms with Crippen LogP contribution in [0.25, 0.3) is 0 Å². The molecule has 1 fully saturated rings. The van der Waals surface area contributed by atoms with Crippen molar-refractivity contribution in [3.63, 3.8) is 0 Å². The van der Waals surface area contributed by atoms with Crippen LogP contribution in [0.15, 0.2) is 18.2 Å². The lowest BCUT2D eigenvalue weighted by atomic mass is 10.2. The summed E-state index contributed by atoms with van der Waals surface area (Å²) in [6.07, 6.45) is 1.02. The molecular weight excluding hydrogens is 238 g/mol. The lowest BCUT2D eigenvalue weighted by molar-refractivity contribution is 0.198. The summed E-state index contributed by atoms with van der Waals surface area (Å²) in [5.74, 6) is 0. The van der Waals surface area contributed by atoms with E-state index in [1.54, 1.807) is 7.11 Å². The van der Waals surface area contributed by atoms with E-state index in [4.69, 9.17) is 4.74 Å². The monoisotopic (exact) mass is 262 g/mol. The molecular formula is C15H24N3O. The number of hydrogen-bond donors (Lipinski definition) is 1. The fourth-order valence-electron chi connectivity index (χ4n) is 2.26. The number of likely N-dealkylation sites (N-methyl/N-ethyl adjacent to an activating group) is 1. The van der Waals surface area contributed by atoms with Gasteiger partial charge in [-0.05, 0) is 25.6 Å². The van der Waals surface area contributed by atoms with Crippen LogP contribution in [-0.4, -0.2) is 58.4 Å². The number of piperazine rings is 1. The van der Waals surface area contributed by atoms with Crippen molar-refractivity contribution in [3.05, 3.63) is 24.3 Å². The molecule has 1 aliphatic rings. The predicted octanol–water partition coefficient (Wildman–Crippen LogP) is 1.69. The summed E-state index contributed by atoms with van der Waals surface area (Å²) < 4.78 is 5.05. The average Bonchev–Trinajstić information content (AvgIpc) is 2.45. The van der Waals surface area contributed by atoms with E-state index in [1.807, 2.05) is 6.07 Å².